The Kier molecular flexibility index (Phi) is 3.66. The molecule has 116 valence electrons. The van der Waals surface area contributed by atoms with Crippen molar-refractivity contribution in [2.45, 2.75) is 24.8 Å². The number of hydrogen-bond donors (Lipinski definition) is 2. The lowest BCUT2D eigenvalue weighted by Crippen LogP contribution is -2.32. The summed E-state index contributed by atoms with van der Waals surface area (Å²) < 4.78 is 6.75. The highest BCUT2D eigenvalue weighted by Gasteiger charge is 2.39. The summed E-state index contributed by atoms with van der Waals surface area (Å²) in [6.45, 7) is 0. The molecule has 2 unspecified atom stereocenters. The minimum absolute atomic E-state index is 0.0833. The van der Waals surface area contributed by atoms with Crippen molar-refractivity contribution in [3.63, 3.8) is 0 Å². The fraction of sp³-hybridized carbons (Fsp3) is 0.357. The topological polar surface area (TPSA) is 103 Å². The van der Waals surface area contributed by atoms with Crippen LogP contribution in [0.15, 0.2) is 18.2 Å². The van der Waals surface area contributed by atoms with E-state index in [2.05, 4.69) is 10.1 Å². The number of carbonyl (C=O) groups is 1. The molecule has 3 rings (SSSR count). The number of carboxylic acid groups (broad SMARTS) is 1. The van der Waals surface area contributed by atoms with Crippen LogP contribution in [0.4, 0.5) is 5.95 Å². The maximum absolute atomic E-state index is 11.8. The van der Waals surface area contributed by atoms with Gasteiger partial charge in [-0.25, -0.2) is 9.48 Å². The molecule has 0 saturated heterocycles. The molecule has 1 aliphatic rings. The van der Waals surface area contributed by atoms with Gasteiger partial charge in [0.1, 0.15) is 11.6 Å². The minimum atomic E-state index is -0.988. The number of rotatable bonds is 3. The minimum Gasteiger partial charge on any atom is -0.496 e. The highest BCUT2D eigenvalue weighted by Crippen LogP contribution is 2.42. The van der Waals surface area contributed by atoms with E-state index in [0.717, 1.165) is 5.56 Å². The van der Waals surface area contributed by atoms with E-state index in [1.807, 2.05) is 0 Å². The van der Waals surface area contributed by atoms with Crippen LogP contribution in [0.2, 0.25) is 5.02 Å². The van der Waals surface area contributed by atoms with Crippen LogP contribution in [0.25, 0.3) is 0 Å². The standard InChI is InChI=1S/C14H15ClN4O3/c1-22-10-4-2-7(15)6-9(10)8-3-5-11-17-14(16)18-19(11)12(8)13(20)21/h2,4,6,8,12H,3,5H2,1H3,(H2,16,18)(H,20,21). The zero-order valence-corrected chi connectivity index (χ0v) is 12.6. The summed E-state index contributed by atoms with van der Waals surface area (Å²) in [6.07, 6.45) is 1.19. The van der Waals surface area contributed by atoms with Crippen LogP contribution < -0.4 is 10.5 Å². The Hall–Kier alpha value is -2.28. The van der Waals surface area contributed by atoms with Crippen molar-refractivity contribution >= 4 is 23.5 Å². The Balaban J connectivity index is 2.11. The molecule has 0 bridgehead atoms. The summed E-state index contributed by atoms with van der Waals surface area (Å²) in [4.78, 5) is 15.9. The Morgan fingerprint density at radius 1 is 1.55 bits per heavy atom. The molecule has 0 radical (unpaired) electrons. The predicted octanol–water partition coefficient (Wildman–Crippen LogP) is 1.88. The molecule has 3 N–H and O–H groups in total. The maximum Gasteiger partial charge on any atom is 0.329 e. The van der Waals surface area contributed by atoms with Crippen molar-refractivity contribution < 1.29 is 14.6 Å². The van der Waals surface area contributed by atoms with Gasteiger partial charge in [0.2, 0.25) is 5.95 Å². The first kappa shape index (κ1) is 14.6. The van der Waals surface area contributed by atoms with Gasteiger partial charge in [-0.15, -0.1) is 5.10 Å². The van der Waals surface area contributed by atoms with Crippen molar-refractivity contribution in [3.05, 3.63) is 34.6 Å². The lowest BCUT2D eigenvalue weighted by molar-refractivity contribution is -0.142. The van der Waals surface area contributed by atoms with Gasteiger partial charge in [-0.2, -0.15) is 4.98 Å². The zero-order chi connectivity index (χ0) is 15.9. The summed E-state index contributed by atoms with van der Waals surface area (Å²) in [5, 5.41) is 14.2. The van der Waals surface area contributed by atoms with Gasteiger partial charge in [0.15, 0.2) is 6.04 Å². The van der Waals surface area contributed by atoms with Gasteiger partial charge in [0, 0.05) is 22.9 Å². The number of aromatic nitrogens is 3. The SMILES string of the molecule is COc1ccc(Cl)cc1C1CCc2nc(N)nn2C1C(=O)O. The third-order valence-electron chi connectivity index (χ3n) is 3.89. The molecule has 2 aromatic rings. The molecular formula is C14H15ClN4O3. The van der Waals surface area contributed by atoms with Crippen LogP contribution in [0, 0.1) is 0 Å². The van der Waals surface area contributed by atoms with Gasteiger partial charge < -0.3 is 15.6 Å². The van der Waals surface area contributed by atoms with E-state index >= 15 is 0 Å². The lowest BCUT2D eigenvalue weighted by Gasteiger charge is -2.30. The number of nitrogens with zero attached hydrogens (tertiary/aromatic N) is 3. The Morgan fingerprint density at radius 2 is 2.32 bits per heavy atom. The van der Waals surface area contributed by atoms with Gasteiger partial charge in [0.25, 0.3) is 0 Å². The van der Waals surface area contributed by atoms with E-state index in [-0.39, 0.29) is 11.9 Å². The normalized spacial score (nSPS) is 20.5. The van der Waals surface area contributed by atoms with E-state index < -0.39 is 12.0 Å². The molecule has 1 aromatic carbocycles. The average molecular weight is 323 g/mol. The van der Waals surface area contributed by atoms with Gasteiger partial charge in [-0.05, 0) is 24.6 Å². The van der Waals surface area contributed by atoms with Crippen LogP contribution in [-0.2, 0) is 11.2 Å². The summed E-state index contributed by atoms with van der Waals surface area (Å²) in [5.41, 5.74) is 6.36. The smallest absolute Gasteiger partial charge is 0.329 e. The number of benzene rings is 1. The molecule has 0 fully saturated rings. The predicted molar refractivity (Wildman–Crippen MR) is 80.2 cm³/mol. The number of anilines is 1. The summed E-state index contributed by atoms with van der Waals surface area (Å²) in [6, 6.07) is 4.30. The highest BCUT2D eigenvalue weighted by atomic mass is 35.5. The molecule has 0 aliphatic carbocycles. The Bertz CT molecular complexity index is 731. The summed E-state index contributed by atoms with van der Waals surface area (Å²) >= 11 is 6.07. The van der Waals surface area contributed by atoms with Crippen LogP contribution in [-0.4, -0.2) is 33.0 Å². The van der Waals surface area contributed by atoms with Crippen LogP contribution in [0.5, 0.6) is 5.75 Å². The van der Waals surface area contributed by atoms with Crippen molar-refractivity contribution in [2.24, 2.45) is 0 Å². The van der Waals surface area contributed by atoms with E-state index in [1.165, 1.54) is 4.68 Å². The first-order valence-electron chi connectivity index (χ1n) is 6.78. The maximum atomic E-state index is 11.8. The second kappa shape index (κ2) is 5.49. The number of nitrogen functional groups attached to an aromatic ring is 1. The van der Waals surface area contributed by atoms with Gasteiger partial charge >= 0.3 is 5.97 Å². The third kappa shape index (κ3) is 2.37. The molecule has 0 amide bonds. The number of nitrogens with two attached hydrogens (primary N) is 1. The summed E-state index contributed by atoms with van der Waals surface area (Å²) in [7, 11) is 1.55. The second-order valence-electron chi connectivity index (χ2n) is 5.15. The van der Waals surface area contributed by atoms with Crippen molar-refractivity contribution in [3.8, 4) is 5.75 Å². The van der Waals surface area contributed by atoms with Gasteiger partial charge in [-0.3, -0.25) is 0 Å². The lowest BCUT2D eigenvalue weighted by atomic mass is 9.84. The number of carboxylic acids is 1. The fourth-order valence-corrected chi connectivity index (χ4v) is 3.16. The quantitative estimate of drug-likeness (QED) is 0.894. The molecule has 7 nitrogen and oxygen atoms in total. The molecule has 1 aromatic heterocycles. The van der Waals surface area contributed by atoms with E-state index in [4.69, 9.17) is 22.1 Å². The Labute approximate surface area is 131 Å². The number of hydrogen-bond acceptors (Lipinski definition) is 5. The van der Waals surface area contributed by atoms with E-state index in [0.29, 0.717) is 29.4 Å². The fourth-order valence-electron chi connectivity index (χ4n) is 2.98. The molecule has 22 heavy (non-hydrogen) atoms. The van der Waals surface area contributed by atoms with Crippen molar-refractivity contribution in [1.29, 1.82) is 0 Å². The number of fused-ring (bicyclic) bond motifs is 1. The van der Waals surface area contributed by atoms with Crippen LogP contribution >= 0.6 is 11.6 Å². The van der Waals surface area contributed by atoms with E-state index in [1.54, 1.807) is 25.3 Å². The van der Waals surface area contributed by atoms with Gasteiger partial charge in [-0.1, -0.05) is 11.6 Å². The Morgan fingerprint density at radius 3 is 3.00 bits per heavy atom. The molecule has 0 spiro atoms. The van der Waals surface area contributed by atoms with Crippen molar-refractivity contribution in [2.75, 3.05) is 12.8 Å². The summed E-state index contributed by atoms with van der Waals surface area (Å²) in [5.74, 6) is -0.0306. The monoisotopic (exact) mass is 322 g/mol. The first-order valence-corrected chi connectivity index (χ1v) is 7.16. The molecule has 2 heterocycles. The molecule has 8 heteroatoms. The first-order chi connectivity index (χ1) is 10.5. The van der Waals surface area contributed by atoms with E-state index in [9.17, 15) is 9.90 Å². The second-order valence-corrected chi connectivity index (χ2v) is 5.58. The average Bonchev–Trinajstić information content (AvgIpc) is 2.85. The van der Waals surface area contributed by atoms with Crippen LogP contribution in [0.3, 0.4) is 0 Å². The number of halogens is 1. The van der Waals surface area contributed by atoms with Crippen LogP contribution in [0.1, 0.15) is 29.8 Å². The molecular weight excluding hydrogens is 308 g/mol. The highest BCUT2D eigenvalue weighted by molar-refractivity contribution is 6.30. The number of aliphatic carboxylic acids is 1. The molecule has 2 atom stereocenters. The van der Waals surface area contributed by atoms with Gasteiger partial charge in [0.05, 0.1) is 7.11 Å². The molecule has 0 saturated carbocycles. The number of methoxy groups -OCH3 is 1. The third-order valence-corrected chi connectivity index (χ3v) is 4.12. The largest absolute Gasteiger partial charge is 0.496 e. The zero-order valence-electron chi connectivity index (χ0n) is 11.9. The molecule has 1 aliphatic heterocycles. The number of aryl methyl sites for hydroxylation is 1. The van der Waals surface area contributed by atoms with Crippen molar-refractivity contribution in [1.82, 2.24) is 14.8 Å². The number of ether oxygens (including phenoxy) is 1.